The average molecular weight is 463 g/mol. The number of nitrogens with one attached hydrogen (secondary N) is 2. The zero-order chi connectivity index (χ0) is 23.8. The molecule has 3 aliphatic rings. The number of carboxylic acids is 1. The van der Waals surface area contributed by atoms with Gasteiger partial charge in [0.05, 0.1) is 5.92 Å². The summed E-state index contributed by atoms with van der Waals surface area (Å²) in [5.41, 5.74) is 4.54. The third-order valence-corrected chi connectivity index (χ3v) is 7.87. The van der Waals surface area contributed by atoms with Crippen LogP contribution in [0.15, 0.2) is 48.5 Å². The summed E-state index contributed by atoms with van der Waals surface area (Å²) in [6, 6.07) is 15.1. The van der Waals surface area contributed by atoms with E-state index in [0.717, 1.165) is 41.5 Å². The number of alkyl carbamates (subject to hydrolysis) is 1. The molecule has 7 heteroatoms. The van der Waals surface area contributed by atoms with Crippen LogP contribution in [0.25, 0.3) is 11.1 Å². The molecule has 2 aromatic carbocycles. The van der Waals surface area contributed by atoms with Crippen LogP contribution in [0.2, 0.25) is 0 Å². The molecule has 0 radical (unpaired) electrons. The maximum atomic E-state index is 12.9. The zero-order valence-corrected chi connectivity index (χ0v) is 19.2. The number of rotatable bonds is 7. The van der Waals surface area contributed by atoms with E-state index in [2.05, 4.69) is 34.9 Å². The Bertz CT molecular complexity index is 1070. The molecule has 0 saturated heterocycles. The molecule has 7 nitrogen and oxygen atoms in total. The quantitative estimate of drug-likeness (QED) is 0.579. The van der Waals surface area contributed by atoms with Crippen LogP contribution >= 0.6 is 0 Å². The normalized spacial score (nSPS) is 25.3. The van der Waals surface area contributed by atoms with Gasteiger partial charge in [0.25, 0.3) is 0 Å². The summed E-state index contributed by atoms with van der Waals surface area (Å²) < 4.78 is 5.58. The number of fused-ring (bicyclic) bond motifs is 5. The minimum atomic E-state index is -0.852. The Labute approximate surface area is 198 Å². The van der Waals surface area contributed by atoms with Crippen LogP contribution < -0.4 is 10.6 Å². The van der Waals surface area contributed by atoms with Crippen LogP contribution in [0.4, 0.5) is 4.79 Å². The van der Waals surface area contributed by atoms with Gasteiger partial charge in [-0.15, -0.1) is 0 Å². The summed E-state index contributed by atoms with van der Waals surface area (Å²) >= 11 is 0. The Morgan fingerprint density at radius 3 is 2.24 bits per heavy atom. The number of aliphatic carboxylic acids is 1. The smallest absolute Gasteiger partial charge is 0.407 e. The molecule has 2 saturated carbocycles. The van der Waals surface area contributed by atoms with Crippen LogP contribution in [-0.2, 0) is 14.3 Å². The number of ether oxygens (including phenoxy) is 1. The number of amides is 2. The Morgan fingerprint density at radius 1 is 1.00 bits per heavy atom. The Balaban J connectivity index is 1.20. The fourth-order valence-corrected chi connectivity index (χ4v) is 6.25. The van der Waals surface area contributed by atoms with Crippen molar-refractivity contribution in [3.63, 3.8) is 0 Å². The maximum Gasteiger partial charge on any atom is 0.407 e. The molecule has 2 fully saturated rings. The number of carbonyl (C=O) groups is 3. The highest BCUT2D eigenvalue weighted by atomic mass is 16.5. The van der Waals surface area contributed by atoms with E-state index in [4.69, 9.17) is 4.74 Å². The summed E-state index contributed by atoms with van der Waals surface area (Å²) in [6.45, 7) is 1.98. The minimum absolute atomic E-state index is 0.0579. The molecular weight excluding hydrogens is 432 g/mol. The number of hydrogen-bond donors (Lipinski definition) is 3. The summed E-state index contributed by atoms with van der Waals surface area (Å²) in [4.78, 5) is 37.3. The van der Waals surface area contributed by atoms with Crippen LogP contribution in [0.1, 0.15) is 49.7 Å². The van der Waals surface area contributed by atoms with E-state index in [1.54, 1.807) is 0 Å². The Hall–Kier alpha value is -3.35. The van der Waals surface area contributed by atoms with E-state index >= 15 is 0 Å². The van der Waals surface area contributed by atoms with E-state index in [1.165, 1.54) is 0 Å². The molecule has 2 bridgehead atoms. The van der Waals surface area contributed by atoms with E-state index in [0.29, 0.717) is 6.42 Å². The second-order valence-electron chi connectivity index (χ2n) is 9.66. The predicted molar refractivity (Wildman–Crippen MR) is 126 cm³/mol. The largest absolute Gasteiger partial charge is 0.481 e. The Morgan fingerprint density at radius 2 is 1.62 bits per heavy atom. The van der Waals surface area contributed by atoms with Crippen LogP contribution in [-0.4, -0.2) is 41.8 Å². The van der Waals surface area contributed by atoms with Gasteiger partial charge in [-0.25, -0.2) is 4.79 Å². The van der Waals surface area contributed by atoms with Crippen molar-refractivity contribution in [1.82, 2.24) is 10.6 Å². The number of hydrogen-bond acceptors (Lipinski definition) is 4. The number of carboxylic acid groups (broad SMARTS) is 1. The van der Waals surface area contributed by atoms with Gasteiger partial charge in [-0.2, -0.15) is 0 Å². The van der Waals surface area contributed by atoms with Crippen LogP contribution in [0.5, 0.6) is 0 Å². The van der Waals surface area contributed by atoms with Gasteiger partial charge in [0.15, 0.2) is 0 Å². The van der Waals surface area contributed by atoms with Crippen LogP contribution in [0.3, 0.4) is 0 Å². The molecule has 4 unspecified atom stereocenters. The molecule has 2 amide bonds. The van der Waals surface area contributed by atoms with Crippen molar-refractivity contribution in [2.75, 3.05) is 6.61 Å². The lowest BCUT2D eigenvalue weighted by Crippen LogP contribution is -2.53. The van der Waals surface area contributed by atoms with Gasteiger partial charge in [0.1, 0.15) is 12.6 Å². The predicted octanol–water partition coefficient (Wildman–Crippen LogP) is 3.92. The minimum Gasteiger partial charge on any atom is -0.481 e. The van der Waals surface area contributed by atoms with E-state index in [9.17, 15) is 19.5 Å². The SMILES string of the molecule is CC[C@H](NC(=O)OCC1c2ccccc2-c2ccccc21)C(=O)NC1C2CCC(C2)C1C(=O)O. The van der Waals surface area contributed by atoms with Crippen molar-refractivity contribution >= 4 is 18.0 Å². The first-order chi connectivity index (χ1) is 16.5. The van der Waals surface area contributed by atoms with Gasteiger partial charge >= 0.3 is 12.1 Å². The first-order valence-corrected chi connectivity index (χ1v) is 12.1. The third-order valence-electron chi connectivity index (χ3n) is 7.87. The first-order valence-electron chi connectivity index (χ1n) is 12.1. The van der Waals surface area contributed by atoms with Crippen molar-refractivity contribution in [3.05, 3.63) is 59.7 Å². The van der Waals surface area contributed by atoms with E-state index in [-0.39, 0.29) is 36.3 Å². The summed E-state index contributed by atoms with van der Waals surface area (Å²) in [5.74, 6) is -1.48. The number of benzene rings is 2. The highest BCUT2D eigenvalue weighted by molar-refractivity contribution is 5.86. The molecule has 0 aliphatic heterocycles. The lowest BCUT2D eigenvalue weighted by molar-refractivity contribution is -0.144. The molecule has 0 heterocycles. The highest BCUT2D eigenvalue weighted by Crippen LogP contribution is 2.48. The fraction of sp³-hybridized carbons (Fsp3) is 0.444. The van der Waals surface area contributed by atoms with E-state index in [1.807, 2.05) is 31.2 Å². The standard InChI is InChI=1S/C27H30N2O5/c1-2-22(25(30)29-24-16-12-11-15(13-16)23(24)26(31)32)28-27(33)34-14-21-19-9-5-3-7-17(19)18-8-4-6-10-20(18)21/h3-10,15-16,21-24H,2,11-14H2,1H3,(H,28,33)(H,29,30)(H,31,32)/t15?,16?,22-,23?,24?/m0/s1. The molecule has 3 N–H and O–H groups in total. The molecule has 3 aliphatic carbocycles. The van der Waals surface area contributed by atoms with Crippen molar-refractivity contribution in [2.24, 2.45) is 17.8 Å². The summed E-state index contributed by atoms with van der Waals surface area (Å²) in [7, 11) is 0. The Kier molecular flexibility index (Phi) is 6.02. The molecule has 34 heavy (non-hydrogen) atoms. The van der Waals surface area contributed by atoms with Gasteiger partial charge in [-0.1, -0.05) is 55.5 Å². The highest BCUT2D eigenvalue weighted by Gasteiger charge is 2.51. The molecule has 5 atom stereocenters. The molecule has 2 aromatic rings. The second-order valence-corrected chi connectivity index (χ2v) is 9.66. The van der Waals surface area contributed by atoms with Gasteiger partial charge in [-0.05, 0) is 59.8 Å². The van der Waals surface area contributed by atoms with Crippen molar-refractivity contribution in [1.29, 1.82) is 0 Å². The maximum absolute atomic E-state index is 12.9. The van der Waals surface area contributed by atoms with Crippen LogP contribution in [0, 0.1) is 17.8 Å². The average Bonchev–Trinajstić information content (AvgIpc) is 3.53. The lowest BCUT2D eigenvalue weighted by Gasteiger charge is -2.30. The molecule has 5 rings (SSSR count). The van der Waals surface area contributed by atoms with Gasteiger partial charge in [-0.3, -0.25) is 9.59 Å². The molecular formula is C27H30N2O5. The zero-order valence-electron chi connectivity index (χ0n) is 19.2. The van der Waals surface area contributed by atoms with Gasteiger partial charge in [0, 0.05) is 12.0 Å². The monoisotopic (exact) mass is 462 g/mol. The number of carbonyl (C=O) groups excluding carboxylic acids is 2. The van der Waals surface area contributed by atoms with Gasteiger partial charge in [0.2, 0.25) is 5.91 Å². The summed E-state index contributed by atoms with van der Waals surface area (Å²) in [6.07, 6.45) is 2.43. The molecule has 178 valence electrons. The third kappa shape index (κ3) is 3.93. The first kappa shape index (κ1) is 22.4. The topological polar surface area (TPSA) is 105 Å². The second kappa shape index (κ2) is 9.12. The van der Waals surface area contributed by atoms with Crippen molar-refractivity contribution in [2.45, 2.75) is 50.6 Å². The fourth-order valence-electron chi connectivity index (χ4n) is 6.25. The summed E-state index contributed by atoms with van der Waals surface area (Å²) in [5, 5.41) is 15.2. The molecule has 0 spiro atoms. The van der Waals surface area contributed by atoms with Crippen molar-refractivity contribution < 1.29 is 24.2 Å². The van der Waals surface area contributed by atoms with Gasteiger partial charge < -0.3 is 20.5 Å². The van der Waals surface area contributed by atoms with E-state index < -0.39 is 24.0 Å². The molecule has 0 aromatic heterocycles. The lowest BCUT2D eigenvalue weighted by atomic mass is 9.84. The van der Waals surface area contributed by atoms with Crippen molar-refractivity contribution in [3.8, 4) is 11.1 Å².